The summed E-state index contributed by atoms with van der Waals surface area (Å²) in [6.45, 7) is 7.16. The first-order valence-corrected chi connectivity index (χ1v) is 12.0. The van der Waals surface area contributed by atoms with E-state index < -0.39 is 0 Å². The van der Waals surface area contributed by atoms with Crippen molar-refractivity contribution in [3.8, 4) is 17.1 Å². The van der Waals surface area contributed by atoms with Gasteiger partial charge in [0.05, 0.1) is 13.0 Å². The number of hydrogen-bond donors (Lipinski definition) is 1. The van der Waals surface area contributed by atoms with E-state index >= 15 is 0 Å². The van der Waals surface area contributed by atoms with Gasteiger partial charge in [0.2, 0.25) is 11.8 Å². The van der Waals surface area contributed by atoms with E-state index in [1.807, 2.05) is 46.2 Å². The van der Waals surface area contributed by atoms with Crippen molar-refractivity contribution in [2.24, 2.45) is 0 Å². The predicted molar refractivity (Wildman–Crippen MR) is 130 cm³/mol. The number of carbonyl (C=O) groups excluding carboxylic acids is 2. The molecule has 0 bridgehead atoms. The fourth-order valence-electron chi connectivity index (χ4n) is 4.58. The lowest BCUT2D eigenvalue weighted by Gasteiger charge is -2.34. The number of H-pyrrole nitrogens is 1. The highest BCUT2D eigenvalue weighted by Crippen LogP contribution is 2.26. The Balaban J connectivity index is 1.22. The summed E-state index contributed by atoms with van der Waals surface area (Å²) in [4.78, 5) is 35.3. The summed E-state index contributed by atoms with van der Waals surface area (Å²) in [5.41, 5.74) is 3.11. The normalized spacial score (nSPS) is 16.4. The molecule has 2 aliphatic heterocycles. The van der Waals surface area contributed by atoms with E-state index in [2.05, 4.69) is 32.2 Å². The van der Waals surface area contributed by atoms with Crippen LogP contribution in [0.4, 0.5) is 0 Å². The van der Waals surface area contributed by atoms with E-state index in [4.69, 9.17) is 4.74 Å². The SMILES string of the molecule is CC(=O)N1CCN(Cc2ccc3c(c2)CN(C(=O)Cc2nc(-c4ccccc4)n[nH]2)CCO3)CC1. The van der Waals surface area contributed by atoms with Crippen LogP contribution >= 0.6 is 0 Å². The highest BCUT2D eigenvalue weighted by atomic mass is 16.5. The Morgan fingerprint density at radius 3 is 2.57 bits per heavy atom. The maximum atomic E-state index is 13.1. The van der Waals surface area contributed by atoms with Crippen molar-refractivity contribution < 1.29 is 14.3 Å². The van der Waals surface area contributed by atoms with Crippen molar-refractivity contribution in [1.82, 2.24) is 29.9 Å². The maximum Gasteiger partial charge on any atom is 0.230 e. The second-order valence-electron chi connectivity index (χ2n) is 9.04. The smallest absolute Gasteiger partial charge is 0.230 e. The molecule has 0 spiro atoms. The van der Waals surface area contributed by atoms with Gasteiger partial charge in [-0.05, 0) is 17.7 Å². The zero-order valence-corrected chi connectivity index (χ0v) is 19.9. The van der Waals surface area contributed by atoms with Gasteiger partial charge in [0.25, 0.3) is 0 Å². The molecule has 0 aliphatic carbocycles. The standard InChI is InChI=1S/C26H30N6O3/c1-19(33)31-11-9-30(10-12-31)17-20-7-8-23-22(15-20)18-32(13-14-35-23)25(34)16-24-27-26(29-28-24)21-5-3-2-4-6-21/h2-8,15H,9-14,16-18H2,1H3,(H,27,28,29). The molecule has 0 radical (unpaired) electrons. The molecule has 1 aromatic heterocycles. The summed E-state index contributed by atoms with van der Waals surface area (Å²) < 4.78 is 5.94. The quantitative estimate of drug-likeness (QED) is 0.609. The first-order chi connectivity index (χ1) is 17.0. The second-order valence-corrected chi connectivity index (χ2v) is 9.04. The van der Waals surface area contributed by atoms with Gasteiger partial charge in [-0.25, -0.2) is 4.98 Å². The fraction of sp³-hybridized carbons (Fsp3) is 0.385. The van der Waals surface area contributed by atoms with Crippen LogP contribution in [0.5, 0.6) is 5.75 Å². The number of nitrogens with one attached hydrogen (secondary N) is 1. The van der Waals surface area contributed by atoms with Gasteiger partial charge in [0.1, 0.15) is 18.2 Å². The van der Waals surface area contributed by atoms with Gasteiger partial charge in [0, 0.05) is 57.3 Å². The number of nitrogens with zero attached hydrogens (tertiary/aromatic N) is 5. The molecule has 1 fully saturated rings. The summed E-state index contributed by atoms with van der Waals surface area (Å²) in [5.74, 6) is 2.10. The first kappa shape index (κ1) is 23.0. The lowest BCUT2D eigenvalue weighted by atomic mass is 10.1. The number of carbonyl (C=O) groups is 2. The minimum atomic E-state index is -0.0111. The highest BCUT2D eigenvalue weighted by Gasteiger charge is 2.23. The second kappa shape index (κ2) is 10.3. The first-order valence-electron chi connectivity index (χ1n) is 12.0. The van der Waals surface area contributed by atoms with Crippen molar-refractivity contribution in [3.05, 3.63) is 65.5 Å². The van der Waals surface area contributed by atoms with Crippen molar-refractivity contribution in [2.75, 3.05) is 39.3 Å². The van der Waals surface area contributed by atoms with Crippen LogP contribution in [0.1, 0.15) is 23.9 Å². The van der Waals surface area contributed by atoms with Crippen molar-refractivity contribution >= 4 is 11.8 Å². The van der Waals surface area contributed by atoms with Gasteiger partial charge in [-0.2, -0.15) is 5.10 Å². The van der Waals surface area contributed by atoms with Crippen LogP contribution < -0.4 is 4.74 Å². The Morgan fingerprint density at radius 2 is 1.80 bits per heavy atom. The number of hydrogen-bond acceptors (Lipinski definition) is 6. The molecule has 2 amide bonds. The molecule has 3 heterocycles. The molecule has 2 aromatic carbocycles. The number of benzene rings is 2. The topological polar surface area (TPSA) is 94.7 Å². The van der Waals surface area contributed by atoms with Gasteiger partial charge < -0.3 is 14.5 Å². The lowest BCUT2D eigenvalue weighted by molar-refractivity contribution is -0.131. The minimum Gasteiger partial charge on any atom is -0.491 e. The number of piperazine rings is 1. The molecule has 0 unspecified atom stereocenters. The molecule has 5 rings (SSSR count). The zero-order chi connectivity index (χ0) is 24.2. The third-order valence-corrected chi connectivity index (χ3v) is 6.56. The third-order valence-electron chi connectivity index (χ3n) is 6.56. The van der Waals surface area contributed by atoms with Crippen LogP contribution in [0, 0.1) is 0 Å². The number of fused-ring (bicyclic) bond motifs is 1. The number of ether oxygens (including phenoxy) is 1. The van der Waals surface area contributed by atoms with E-state index in [0.717, 1.165) is 49.6 Å². The van der Waals surface area contributed by atoms with Crippen molar-refractivity contribution in [1.29, 1.82) is 0 Å². The molecule has 2 aliphatic rings. The summed E-state index contributed by atoms with van der Waals surface area (Å²) in [6.07, 6.45) is 0.162. The van der Waals surface area contributed by atoms with Crippen LogP contribution in [0.3, 0.4) is 0 Å². The Morgan fingerprint density at radius 1 is 1.00 bits per heavy atom. The zero-order valence-electron chi connectivity index (χ0n) is 19.9. The van der Waals surface area contributed by atoms with Crippen LogP contribution in [-0.2, 0) is 29.1 Å². The minimum absolute atomic E-state index is 0.0111. The van der Waals surface area contributed by atoms with Gasteiger partial charge >= 0.3 is 0 Å². The Labute approximate surface area is 204 Å². The molecule has 182 valence electrons. The van der Waals surface area contributed by atoms with Crippen LogP contribution in [-0.4, -0.2) is 81.0 Å². The average Bonchev–Trinajstić information content (AvgIpc) is 3.23. The number of aromatic nitrogens is 3. The monoisotopic (exact) mass is 474 g/mol. The predicted octanol–water partition coefficient (Wildman–Crippen LogP) is 2.10. The average molecular weight is 475 g/mol. The lowest BCUT2D eigenvalue weighted by Crippen LogP contribution is -2.47. The molecule has 35 heavy (non-hydrogen) atoms. The van der Waals surface area contributed by atoms with Crippen molar-refractivity contribution in [3.63, 3.8) is 0 Å². The van der Waals surface area contributed by atoms with Crippen LogP contribution in [0.2, 0.25) is 0 Å². The molecular weight excluding hydrogens is 444 g/mol. The van der Waals surface area contributed by atoms with E-state index in [9.17, 15) is 9.59 Å². The summed E-state index contributed by atoms with van der Waals surface area (Å²) >= 11 is 0. The Kier molecular flexibility index (Phi) is 6.76. The Hall–Kier alpha value is -3.72. The molecule has 3 aromatic rings. The Bertz CT molecular complexity index is 1190. The molecular formula is C26H30N6O3. The van der Waals surface area contributed by atoms with Crippen molar-refractivity contribution in [2.45, 2.75) is 26.4 Å². The van der Waals surface area contributed by atoms with E-state index in [0.29, 0.717) is 31.3 Å². The fourth-order valence-corrected chi connectivity index (χ4v) is 4.58. The van der Waals surface area contributed by atoms with Crippen LogP contribution in [0.25, 0.3) is 11.4 Å². The molecule has 0 saturated carbocycles. The molecule has 1 saturated heterocycles. The number of rotatable bonds is 5. The largest absolute Gasteiger partial charge is 0.491 e. The number of aromatic amines is 1. The van der Waals surface area contributed by atoms with E-state index in [1.165, 1.54) is 5.56 Å². The van der Waals surface area contributed by atoms with Crippen LogP contribution in [0.15, 0.2) is 48.5 Å². The molecule has 0 atom stereocenters. The van der Waals surface area contributed by atoms with Gasteiger partial charge in [-0.15, -0.1) is 0 Å². The summed E-state index contributed by atoms with van der Waals surface area (Å²) in [5, 5.41) is 7.17. The number of amides is 2. The van der Waals surface area contributed by atoms with E-state index in [-0.39, 0.29) is 18.2 Å². The molecule has 9 nitrogen and oxygen atoms in total. The van der Waals surface area contributed by atoms with Gasteiger partial charge in [-0.1, -0.05) is 36.4 Å². The third kappa shape index (κ3) is 5.51. The maximum absolute atomic E-state index is 13.1. The molecule has 1 N–H and O–H groups in total. The molecule has 9 heteroatoms. The van der Waals surface area contributed by atoms with Gasteiger partial charge in [0.15, 0.2) is 5.82 Å². The highest BCUT2D eigenvalue weighted by molar-refractivity contribution is 5.78. The summed E-state index contributed by atoms with van der Waals surface area (Å²) in [7, 11) is 0. The summed E-state index contributed by atoms with van der Waals surface area (Å²) in [6, 6.07) is 15.9. The van der Waals surface area contributed by atoms with E-state index in [1.54, 1.807) is 6.92 Å². The van der Waals surface area contributed by atoms with Gasteiger partial charge in [-0.3, -0.25) is 19.6 Å².